The third kappa shape index (κ3) is 3.27. The number of halogens is 2. The molecule has 3 nitrogen and oxygen atoms in total. The second-order valence-electron chi connectivity index (χ2n) is 3.27. The van der Waals surface area contributed by atoms with Crippen LogP contribution >= 0.6 is 0 Å². The highest BCUT2D eigenvalue weighted by Gasteiger charge is 2.20. The van der Waals surface area contributed by atoms with Crippen LogP contribution in [0, 0.1) is 6.92 Å². The Morgan fingerprint density at radius 2 is 2.20 bits per heavy atom. The van der Waals surface area contributed by atoms with E-state index >= 15 is 0 Å². The zero-order valence-electron chi connectivity index (χ0n) is 8.58. The van der Waals surface area contributed by atoms with Crippen LogP contribution in [-0.2, 0) is 11.3 Å². The van der Waals surface area contributed by atoms with Crippen LogP contribution in [0.1, 0.15) is 11.4 Å². The lowest BCUT2D eigenvalue weighted by Gasteiger charge is -2.15. The van der Waals surface area contributed by atoms with Crippen molar-refractivity contribution in [3.63, 3.8) is 0 Å². The van der Waals surface area contributed by atoms with E-state index in [4.69, 9.17) is 0 Å². The van der Waals surface area contributed by atoms with Gasteiger partial charge in [-0.25, -0.2) is 0 Å². The van der Waals surface area contributed by atoms with Crippen molar-refractivity contribution < 1.29 is 13.6 Å². The standard InChI is InChI=1S/C10H12F2N2O/c1-7-4-3-5-8(13-7)6-14(2)10(15)9(11)12/h3-5,9H,6H2,1-2H3. The highest BCUT2D eigenvalue weighted by molar-refractivity contribution is 5.78. The molecular formula is C10H12F2N2O. The summed E-state index contributed by atoms with van der Waals surface area (Å²) in [5.74, 6) is -1.18. The first-order chi connectivity index (χ1) is 7.00. The minimum atomic E-state index is -2.96. The van der Waals surface area contributed by atoms with Crippen LogP contribution in [0.25, 0.3) is 0 Å². The van der Waals surface area contributed by atoms with Gasteiger partial charge < -0.3 is 4.90 Å². The highest BCUT2D eigenvalue weighted by atomic mass is 19.3. The average molecular weight is 214 g/mol. The Labute approximate surface area is 86.7 Å². The van der Waals surface area contributed by atoms with E-state index in [0.29, 0.717) is 5.69 Å². The summed E-state index contributed by atoms with van der Waals surface area (Å²) in [7, 11) is 1.33. The molecule has 1 heterocycles. The van der Waals surface area contributed by atoms with E-state index in [1.807, 2.05) is 0 Å². The highest BCUT2D eigenvalue weighted by Crippen LogP contribution is 2.05. The lowest BCUT2D eigenvalue weighted by Crippen LogP contribution is -2.31. The number of carbonyl (C=O) groups is 1. The summed E-state index contributed by atoms with van der Waals surface area (Å²) < 4.78 is 24.1. The SMILES string of the molecule is Cc1cccc(CN(C)C(=O)C(F)F)n1. The number of rotatable bonds is 3. The van der Waals surface area contributed by atoms with Crippen molar-refractivity contribution in [3.8, 4) is 0 Å². The van der Waals surface area contributed by atoms with Gasteiger partial charge >= 0.3 is 6.43 Å². The van der Waals surface area contributed by atoms with Gasteiger partial charge in [-0.15, -0.1) is 0 Å². The molecule has 0 radical (unpaired) electrons. The molecule has 1 rings (SSSR count). The summed E-state index contributed by atoms with van der Waals surface area (Å²) >= 11 is 0. The minimum absolute atomic E-state index is 0.102. The van der Waals surface area contributed by atoms with Crippen molar-refractivity contribution in [1.82, 2.24) is 9.88 Å². The van der Waals surface area contributed by atoms with Gasteiger partial charge in [0, 0.05) is 12.7 Å². The third-order valence-electron chi connectivity index (χ3n) is 1.91. The van der Waals surface area contributed by atoms with Gasteiger partial charge in [0.05, 0.1) is 12.2 Å². The van der Waals surface area contributed by atoms with Crippen LogP contribution in [0.15, 0.2) is 18.2 Å². The van der Waals surface area contributed by atoms with Crippen molar-refractivity contribution in [2.45, 2.75) is 19.9 Å². The van der Waals surface area contributed by atoms with Gasteiger partial charge in [0.15, 0.2) is 0 Å². The van der Waals surface area contributed by atoms with Gasteiger partial charge in [-0.2, -0.15) is 8.78 Å². The fraction of sp³-hybridized carbons (Fsp3) is 0.400. The molecule has 15 heavy (non-hydrogen) atoms. The van der Waals surface area contributed by atoms with Gasteiger partial charge in [-0.3, -0.25) is 9.78 Å². The van der Waals surface area contributed by atoms with Gasteiger partial charge in [0.25, 0.3) is 5.91 Å². The molecule has 0 saturated carbocycles. The Hall–Kier alpha value is -1.52. The van der Waals surface area contributed by atoms with E-state index in [1.165, 1.54) is 7.05 Å². The number of hydrogen-bond donors (Lipinski definition) is 0. The molecule has 1 aromatic rings. The molecule has 0 fully saturated rings. The normalized spacial score (nSPS) is 10.5. The van der Waals surface area contributed by atoms with Gasteiger partial charge in [0.1, 0.15) is 0 Å². The van der Waals surface area contributed by atoms with Gasteiger partial charge in [-0.1, -0.05) is 6.07 Å². The van der Waals surface area contributed by atoms with E-state index < -0.39 is 12.3 Å². The first-order valence-electron chi connectivity index (χ1n) is 4.46. The zero-order valence-corrected chi connectivity index (χ0v) is 8.58. The number of alkyl halides is 2. The number of aromatic nitrogens is 1. The van der Waals surface area contributed by atoms with Crippen molar-refractivity contribution >= 4 is 5.91 Å². The van der Waals surface area contributed by atoms with Gasteiger partial charge in [-0.05, 0) is 19.1 Å². The van der Waals surface area contributed by atoms with Crippen LogP contribution in [-0.4, -0.2) is 29.3 Å². The zero-order chi connectivity index (χ0) is 11.4. The Morgan fingerprint density at radius 1 is 1.53 bits per heavy atom. The molecule has 0 spiro atoms. The summed E-state index contributed by atoms with van der Waals surface area (Å²) in [5.41, 5.74) is 1.40. The molecular weight excluding hydrogens is 202 g/mol. The lowest BCUT2D eigenvalue weighted by atomic mass is 10.3. The quantitative estimate of drug-likeness (QED) is 0.765. The molecule has 0 aliphatic rings. The van der Waals surface area contributed by atoms with E-state index in [1.54, 1.807) is 25.1 Å². The molecule has 5 heteroatoms. The summed E-state index contributed by atoms with van der Waals surface area (Å²) in [6, 6.07) is 5.28. The van der Waals surface area contributed by atoms with E-state index in [0.717, 1.165) is 10.6 Å². The lowest BCUT2D eigenvalue weighted by molar-refractivity contribution is -0.142. The number of pyridine rings is 1. The number of amides is 1. The predicted molar refractivity (Wildman–Crippen MR) is 51.5 cm³/mol. The summed E-state index contributed by atoms with van der Waals surface area (Å²) in [4.78, 5) is 16.0. The second-order valence-corrected chi connectivity index (χ2v) is 3.27. The first-order valence-corrected chi connectivity index (χ1v) is 4.46. The van der Waals surface area contributed by atoms with E-state index in [9.17, 15) is 13.6 Å². The Kier molecular flexibility index (Phi) is 3.71. The Balaban J connectivity index is 2.66. The molecule has 0 saturated heterocycles. The second kappa shape index (κ2) is 4.82. The van der Waals surface area contributed by atoms with Crippen LogP contribution in [0.3, 0.4) is 0 Å². The van der Waals surface area contributed by atoms with Crippen molar-refractivity contribution in [2.75, 3.05) is 7.05 Å². The fourth-order valence-corrected chi connectivity index (χ4v) is 1.18. The molecule has 0 bridgehead atoms. The van der Waals surface area contributed by atoms with Crippen LogP contribution in [0.4, 0.5) is 8.78 Å². The minimum Gasteiger partial charge on any atom is -0.335 e. The smallest absolute Gasteiger partial charge is 0.315 e. The van der Waals surface area contributed by atoms with Gasteiger partial charge in [0.2, 0.25) is 0 Å². The number of nitrogens with zero attached hydrogens (tertiary/aromatic N) is 2. The fourth-order valence-electron chi connectivity index (χ4n) is 1.18. The topological polar surface area (TPSA) is 33.2 Å². The molecule has 0 atom stereocenters. The molecule has 0 aliphatic carbocycles. The Bertz CT molecular complexity index is 355. The molecule has 0 aromatic carbocycles. The molecule has 82 valence electrons. The van der Waals surface area contributed by atoms with Crippen molar-refractivity contribution in [1.29, 1.82) is 0 Å². The number of aryl methyl sites for hydroxylation is 1. The maximum Gasteiger partial charge on any atom is 0.315 e. The van der Waals surface area contributed by atoms with Crippen LogP contribution < -0.4 is 0 Å². The largest absolute Gasteiger partial charge is 0.335 e. The van der Waals surface area contributed by atoms with Crippen molar-refractivity contribution in [3.05, 3.63) is 29.6 Å². The monoisotopic (exact) mass is 214 g/mol. The van der Waals surface area contributed by atoms with Crippen LogP contribution in [0.5, 0.6) is 0 Å². The van der Waals surface area contributed by atoms with Crippen molar-refractivity contribution in [2.24, 2.45) is 0 Å². The van der Waals surface area contributed by atoms with E-state index in [-0.39, 0.29) is 6.54 Å². The predicted octanol–water partition coefficient (Wildman–Crippen LogP) is 1.61. The van der Waals surface area contributed by atoms with E-state index in [2.05, 4.69) is 4.98 Å². The molecule has 1 aromatic heterocycles. The third-order valence-corrected chi connectivity index (χ3v) is 1.91. The number of carbonyl (C=O) groups excluding carboxylic acids is 1. The maximum atomic E-state index is 12.0. The van der Waals surface area contributed by atoms with Crippen LogP contribution in [0.2, 0.25) is 0 Å². The Morgan fingerprint density at radius 3 is 2.73 bits per heavy atom. The summed E-state index contributed by atoms with van der Waals surface area (Å²) in [6.45, 7) is 1.91. The summed E-state index contributed by atoms with van der Waals surface area (Å²) in [6.07, 6.45) is -2.96. The number of hydrogen-bond acceptors (Lipinski definition) is 2. The maximum absolute atomic E-state index is 12.0. The average Bonchev–Trinajstić information content (AvgIpc) is 2.16. The molecule has 1 amide bonds. The summed E-state index contributed by atoms with van der Waals surface area (Å²) in [5, 5.41) is 0. The molecule has 0 aliphatic heterocycles. The molecule has 0 unspecified atom stereocenters. The first kappa shape index (κ1) is 11.6. The molecule has 0 N–H and O–H groups in total.